The molecule has 0 bridgehead atoms. The van der Waals surface area contributed by atoms with Gasteiger partial charge in [-0.25, -0.2) is 17.5 Å². The maximum absolute atomic E-state index is 13.6. The largest absolute Gasteiger partial charge is 0.438 e. The van der Waals surface area contributed by atoms with E-state index in [-0.39, 0.29) is 28.5 Å². The number of rotatable bonds is 7. The van der Waals surface area contributed by atoms with Crippen LogP contribution >= 0.6 is 0 Å². The fourth-order valence-corrected chi connectivity index (χ4v) is 3.99. The molecule has 0 radical (unpaired) electrons. The van der Waals surface area contributed by atoms with E-state index < -0.39 is 15.9 Å². The SMILES string of the molecule is CNS(=O)(=O)c1ccc(C(=O)N2CCC(C(=O)NCCc3ccccc3F)CC2)o1. The molecule has 8 nitrogen and oxygen atoms in total. The summed E-state index contributed by atoms with van der Waals surface area (Å²) in [5.41, 5.74) is 0.552. The van der Waals surface area contributed by atoms with Crippen LogP contribution in [0.1, 0.15) is 29.0 Å². The molecule has 0 aliphatic carbocycles. The summed E-state index contributed by atoms with van der Waals surface area (Å²) in [7, 11) is -2.50. The van der Waals surface area contributed by atoms with Crippen LogP contribution in [0.5, 0.6) is 0 Å². The Morgan fingerprint density at radius 2 is 1.87 bits per heavy atom. The van der Waals surface area contributed by atoms with E-state index in [1.54, 1.807) is 18.2 Å². The third-order valence-corrected chi connectivity index (χ3v) is 6.42. The van der Waals surface area contributed by atoms with Crippen LogP contribution in [-0.4, -0.2) is 51.8 Å². The number of sulfonamides is 1. The molecule has 0 unspecified atom stereocenters. The summed E-state index contributed by atoms with van der Waals surface area (Å²) in [4.78, 5) is 26.5. The topological polar surface area (TPSA) is 109 Å². The maximum Gasteiger partial charge on any atom is 0.289 e. The van der Waals surface area contributed by atoms with Crippen molar-refractivity contribution in [2.24, 2.45) is 5.92 Å². The Hall–Kier alpha value is -2.72. The van der Waals surface area contributed by atoms with E-state index >= 15 is 0 Å². The van der Waals surface area contributed by atoms with E-state index in [0.29, 0.717) is 44.5 Å². The van der Waals surface area contributed by atoms with Crippen molar-refractivity contribution in [1.82, 2.24) is 14.9 Å². The van der Waals surface area contributed by atoms with Gasteiger partial charge in [0, 0.05) is 25.6 Å². The van der Waals surface area contributed by atoms with Crippen LogP contribution in [0.2, 0.25) is 0 Å². The van der Waals surface area contributed by atoms with Crippen LogP contribution in [0.25, 0.3) is 0 Å². The zero-order valence-corrected chi connectivity index (χ0v) is 17.4. The first-order valence-electron chi connectivity index (χ1n) is 9.65. The number of nitrogens with zero attached hydrogens (tertiary/aromatic N) is 1. The van der Waals surface area contributed by atoms with Crippen LogP contribution in [0.15, 0.2) is 45.9 Å². The highest BCUT2D eigenvalue weighted by Gasteiger charge is 2.29. The van der Waals surface area contributed by atoms with E-state index in [1.165, 1.54) is 30.1 Å². The number of carbonyl (C=O) groups is 2. The van der Waals surface area contributed by atoms with Crippen molar-refractivity contribution in [1.29, 1.82) is 0 Å². The van der Waals surface area contributed by atoms with Gasteiger partial charge < -0.3 is 14.6 Å². The second kappa shape index (κ2) is 9.40. The highest BCUT2D eigenvalue weighted by molar-refractivity contribution is 7.89. The highest BCUT2D eigenvalue weighted by atomic mass is 32.2. The number of benzene rings is 1. The van der Waals surface area contributed by atoms with Gasteiger partial charge in [0.05, 0.1) is 0 Å². The van der Waals surface area contributed by atoms with Crippen molar-refractivity contribution < 1.29 is 26.8 Å². The summed E-state index contributed by atoms with van der Waals surface area (Å²) in [5.74, 6) is -1.10. The minimum absolute atomic E-state index is 0.0587. The third kappa shape index (κ3) is 5.06. The van der Waals surface area contributed by atoms with Gasteiger partial charge in [-0.05, 0) is 50.1 Å². The van der Waals surface area contributed by atoms with Crippen molar-refractivity contribution in [3.05, 3.63) is 53.5 Å². The van der Waals surface area contributed by atoms with Gasteiger partial charge in [-0.15, -0.1) is 0 Å². The van der Waals surface area contributed by atoms with Crippen molar-refractivity contribution in [3.8, 4) is 0 Å². The number of amides is 2. The van der Waals surface area contributed by atoms with Gasteiger partial charge in [0.15, 0.2) is 5.76 Å². The number of nitrogens with one attached hydrogen (secondary N) is 2. The Labute approximate surface area is 174 Å². The molecule has 2 amide bonds. The number of hydrogen-bond acceptors (Lipinski definition) is 5. The second-order valence-corrected chi connectivity index (χ2v) is 8.84. The zero-order chi connectivity index (χ0) is 21.7. The fourth-order valence-electron chi connectivity index (χ4n) is 3.35. The molecule has 1 aromatic carbocycles. The van der Waals surface area contributed by atoms with Gasteiger partial charge in [-0.2, -0.15) is 0 Å². The Balaban J connectivity index is 1.48. The van der Waals surface area contributed by atoms with E-state index in [9.17, 15) is 22.4 Å². The molecule has 0 saturated carbocycles. The molecule has 1 saturated heterocycles. The highest BCUT2D eigenvalue weighted by Crippen LogP contribution is 2.21. The summed E-state index contributed by atoms with van der Waals surface area (Å²) < 4.78 is 44.4. The molecule has 1 aliphatic rings. The van der Waals surface area contributed by atoms with Crippen LogP contribution in [0.3, 0.4) is 0 Å². The van der Waals surface area contributed by atoms with Crippen LogP contribution in [0, 0.1) is 11.7 Å². The lowest BCUT2D eigenvalue weighted by Crippen LogP contribution is -2.43. The van der Waals surface area contributed by atoms with Gasteiger partial charge in [0.1, 0.15) is 5.82 Å². The molecule has 162 valence electrons. The van der Waals surface area contributed by atoms with Crippen molar-refractivity contribution in [2.45, 2.75) is 24.4 Å². The first-order valence-corrected chi connectivity index (χ1v) is 11.1. The molecule has 0 atom stereocenters. The Morgan fingerprint density at radius 1 is 1.17 bits per heavy atom. The molecule has 3 rings (SSSR count). The van der Waals surface area contributed by atoms with Crippen molar-refractivity contribution in [3.63, 3.8) is 0 Å². The predicted molar refractivity (Wildman–Crippen MR) is 107 cm³/mol. The number of hydrogen-bond donors (Lipinski definition) is 2. The van der Waals surface area contributed by atoms with E-state index in [0.717, 1.165) is 0 Å². The van der Waals surface area contributed by atoms with E-state index in [1.807, 2.05) is 0 Å². The lowest BCUT2D eigenvalue weighted by molar-refractivity contribution is -0.126. The number of piperidine rings is 1. The summed E-state index contributed by atoms with van der Waals surface area (Å²) in [5, 5.41) is 2.51. The van der Waals surface area contributed by atoms with Crippen LogP contribution in [-0.2, 0) is 21.2 Å². The average Bonchev–Trinajstić information content (AvgIpc) is 3.26. The first-order chi connectivity index (χ1) is 14.3. The molecule has 1 fully saturated rings. The molecule has 1 aliphatic heterocycles. The Kier molecular flexibility index (Phi) is 6.88. The normalized spacial score (nSPS) is 15.2. The summed E-state index contributed by atoms with van der Waals surface area (Å²) >= 11 is 0. The number of carbonyl (C=O) groups excluding carboxylic acids is 2. The van der Waals surface area contributed by atoms with Gasteiger partial charge in [-0.1, -0.05) is 18.2 Å². The molecule has 1 aromatic heterocycles. The maximum atomic E-state index is 13.6. The zero-order valence-electron chi connectivity index (χ0n) is 16.6. The summed E-state index contributed by atoms with van der Waals surface area (Å²) in [6.07, 6.45) is 1.38. The number of halogens is 1. The minimum atomic E-state index is -3.76. The second-order valence-electron chi connectivity index (χ2n) is 7.03. The van der Waals surface area contributed by atoms with Gasteiger partial charge in [0.25, 0.3) is 15.9 Å². The third-order valence-electron chi connectivity index (χ3n) is 5.13. The molecule has 0 spiro atoms. The number of likely N-dealkylation sites (tertiary alicyclic amines) is 1. The lowest BCUT2D eigenvalue weighted by atomic mass is 9.95. The lowest BCUT2D eigenvalue weighted by Gasteiger charge is -2.30. The Bertz CT molecular complexity index is 1010. The van der Waals surface area contributed by atoms with E-state index in [2.05, 4.69) is 10.0 Å². The van der Waals surface area contributed by atoms with Gasteiger partial charge in [0.2, 0.25) is 11.0 Å². The van der Waals surface area contributed by atoms with E-state index in [4.69, 9.17) is 4.42 Å². The minimum Gasteiger partial charge on any atom is -0.438 e. The van der Waals surface area contributed by atoms with Gasteiger partial charge in [-0.3, -0.25) is 9.59 Å². The molecule has 2 N–H and O–H groups in total. The standard InChI is InChI=1S/C20H24FN3O5S/c1-22-30(27,28)18-7-6-17(29-18)20(26)24-12-9-15(10-13-24)19(25)23-11-8-14-4-2-3-5-16(14)21/h2-7,15,22H,8-13H2,1H3,(H,23,25). The van der Waals surface area contributed by atoms with Crippen LogP contribution in [0.4, 0.5) is 4.39 Å². The smallest absolute Gasteiger partial charge is 0.289 e. The summed E-state index contributed by atoms with van der Waals surface area (Å²) in [6.45, 7) is 1.06. The molecule has 2 aromatic rings. The first kappa shape index (κ1) is 22.0. The quantitative estimate of drug-likeness (QED) is 0.683. The van der Waals surface area contributed by atoms with Crippen molar-refractivity contribution in [2.75, 3.05) is 26.7 Å². The molecule has 2 heterocycles. The van der Waals surface area contributed by atoms with Crippen molar-refractivity contribution >= 4 is 21.8 Å². The monoisotopic (exact) mass is 437 g/mol. The predicted octanol–water partition coefficient (Wildman–Crippen LogP) is 1.54. The van der Waals surface area contributed by atoms with Crippen LogP contribution < -0.4 is 10.0 Å². The van der Waals surface area contributed by atoms with Gasteiger partial charge >= 0.3 is 0 Å². The number of furan rings is 1. The molecule has 30 heavy (non-hydrogen) atoms. The fraction of sp³-hybridized carbons (Fsp3) is 0.400. The average molecular weight is 437 g/mol. The molecular formula is C20H24FN3O5S. The molecular weight excluding hydrogens is 413 g/mol. The Morgan fingerprint density at radius 3 is 2.53 bits per heavy atom. The summed E-state index contributed by atoms with van der Waals surface area (Å²) in [6, 6.07) is 9.01. The molecule has 10 heteroatoms.